The Bertz CT molecular complexity index is 191. The molecule has 1 rings (SSSR count). The fourth-order valence-electron chi connectivity index (χ4n) is 1.49. The van der Waals surface area contributed by atoms with Gasteiger partial charge in [0.25, 0.3) is 0 Å². The molecule has 1 N–H and O–H groups in total. The van der Waals surface area contributed by atoms with Crippen LogP contribution in [-0.4, -0.2) is 49.0 Å². The quantitative estimate of drug-likeness (QED) is 0.483. The van der Waals surface area contributed by atoms with E-state index in [0.29, 0.717) is 0 Å². The van der Waals surface area contributed by atoms with E-state index in [-0.39, 0.29) is 24.0 Å². The van der Waals surface area contributed by atoms with Gasteiger partial charge >= 0.3 is 0 Å². The lowest BCUT2D eigenvalue weighted by atomic mass is 10.2. The van der Waals surface area contributed by atoms with Crippen molar-refractivity contribution in [3.63, 3.8) is 0 Å². The van der Waals surface area contributed by atoms with E-state index in [9.17, 15) is 0 Å². The lowest BCUT2D eigenvalue weighted by molar-refractivity contribution is 0.582. The molecule has 0 spiro atoms. The highest BCUT2D eigenvalue weighted by molar-refractivity contribution is 14.0. The predicted molar refractivity (Wildman–Crippen MR) is 80.6 cm³/mol. The Balaban J connectivity index is 0.00000196. The van der Waals surface area contributed by atoms with Crippen LogP contribution in [-0.2, 0) is 0 Å². The summed E-state index contributed by atoms with van der Waals surface area (Å²) >= 11 is 2.06. The molecule has 0 amide bonds. The van der Waals surface area contributed by atoms with Crippen molar-refractivity contribution in [1.82, 2.24) is 10.2 Å². The molecule has 1 fully saturated rings. The van der Waals surface area contributed by atoms with E-state index in [2.05, 4.69) is 29.0 Å². The minimum Gasteiger partial charge on any atom is -0.357 e. The molecular weight excluding hydrogens is 321 g/mol. The summed E-state index contributed by atoms with van der Waals surface area (Å²) in [4.78, 5) is 6.65. The summed E-state index contributed by atoms with van der Waals surface area (Å²) in [5.41, 5.74) is 0. The van der Waals surface area contributed by atoms with E-state index < -0.39 is 0 Å². The highest BCUT2D eigenvalue weighted by Gasteiger charge is 2.15. The molecule has 1 saturated heterocycles. The van der Waals surface area contributed by atoms with E-state index in [1.165, 1.54) is 18.6 Å². The van der Waals surface area contributed by atoms with E-state index in [0.717, 1.165) is 24.3 Å². The summed E-state index contributed by atoms with van der Waals surface area (Å²) in [6.45, 7) is 4.00. The van der Waals surface area contributed by atoms with Gasteiger partial charge in [-0.15, -0.1) is 24.0 Å². The number of halogens is 1. The highest BCUT2D eigenvalue weighted by atomic mass is 127. The number of nitrogens with zero attached hydrogens (tertiary/aromatic N) is 2. The van der Waals surface area contributed by atoms with Crippen LogP contribution >= 0.6 is 35.7 Å². The van der Waals surface area contributed by atoms with E-state index in [1.54, 1.807) is 0 Å². The number of thioether (sulfide) groups is 1. The van der Waals surface area contributed by atoms with Gasteiger partial charge in [-0.05, 0) is 25.5 Å². The van der Waals surface area contributed by atoms with Crippen molar-refractivity contribution >= 4 is 41.7 Å². The zero-order valence-electron chi connectivity index (χ0n) is 9.82. The van der Waals surface area contributed by atoms with Crippen LogP contribution < -0.4 is 5.32 Å². The van der Waals surface area contributed by atoms with Gasteiger partial charge in [-0.25, -0.2) is 0 Å². The molecule has 3 nitrogen and oxygen atoms in total. The van der Waals surface area contributed by atoms with Gasteiger partial charge in [0.2, 0.25) is 0 Å². The van der Waals surface area contributed by atoms with Crippen LogP contribution in [0.2, 0.25) is 0 Å². The molecule has 15 heavy (non-hydrogen) atoms. The van der Waals surface area contributed by atoms with Gasteiger partial charge in [-0.1, -0.05) is 0 Å². The second kappa shape index (κ2) is 8.50. The maximum Gasteiger partial charge on any atom is 0.193 e. The third-order valence-corrected chi connectivity index (χ3v) is 3.61. The molecule has 1 atom stereocenters. The Labute approximate surface area is 114 Å². The summed E-state index contributed by atoms with van der Waals surface area (Å²) in [6, 6.07) is 0. The van der Waals surface area contributed by atoms with Crippen molar-refractivity contribution in [1.29, 1.82) is 0 Å². The summed E-state index contributed by atoms with van der Waals surface area (Å²) in [7, 11) is 4.06. The largest absolute Gasteiger partial charge is 0.357 e. The first-order valence-electron chi connectivity index (χ1n) is 5.31. The third-order valence-electron chi connectivity index (χ3n) is 2.23. The number of hydrogen-bond acceptors (Lipinski definition) is 2. The summed E-state index contributed by atoms with van der Waals surface area (Å²) in [5, 5.41) is 4.03. The van der Waals surface area contributed by atoms with Gasteiger partial charge in [0.05, 0.1) is 6.54 Å². The summed E-state index contributed by atoms with van der Waals surface area (Å²) < 4.78 is 0. The maximum atomic E-state index is 4.61. The molecule has 0 aliphatic carbocycles. The molecule has 1 unspecified atom stereocenters. The molecule has 0 aromatic heterocycles. The number of guanidine groups is 1. The zero-order valence-corrected chi connectivity index (χ0v) is 13.0. The zero-order chi connectivity index (χ0) is 10.4. The van der Waals surface area contributed by atoms with Gasteiger partial charge in [0, 0.05) is 25.9 Å². The van der Waals surface area contributed by atoms with Gasteiger partial charge in [-0.2, -0.15) is 11.8 Å². The SMILES string of the molecule is CCNC(=NCC1CCCS1)N(C)C.I. The van der Waals surface area contributed by atoms with Crippen molar-refractivity contribution in [3.8, 4) is 0 Å². The summed E-state index contributed by atoms with van der Waals surface area (Å²) in [6.07, 6.45) is 2.70. The molecule has 1 aliphatic rings. The van der Waals surface area contributed by atoms with Gasteiger partial charge in [-0.3, -0.25) is 4.99 Å². The smallest absolute Gasteiger partial charge is 0.193 e. The average Bonchev–Trinajstić information content (AvgIpc) is 2.64. The fourth-order valence-corrected chi connectivity index (χ4v) is 2.67. The molecule has 90 valence electrons. The van der Waals surface area contributed by atoms with Crippen LogP contribution in [0.25, 0.3) is 0 Å². The third kappa shape index (κ3) is 5.85. The average molecular weight is 343 g/mol. The second-order valence-electron chi connectivity index (χ2n) is 3.72. The van der Waals surface area contributed by atoms with Crippen molar-refractivity contribution in [3.05, 3.63) is 0 Å². The topological polar surface area (TPSA) is 27.6 Å². The first-order valence-corrected chi connectivity index (χ1v) is 6.36. The number of nitrogens with one attached hydrogen (secondary N) is 1. The first-order chi connectivity index (χ1) is 6.74. The first kappa shape index (κ1) is 15.3. The molecular formula is C10H22IN3S. The second-order valence-corrected chi connectivity index (χ2v) is 5.13. The monoisotopic (exact) mass is 343 g/mol. The highest BCUT2D eigenvalue weighted by Crippen LogP contribution is 2.25. The van der Waals surface area contributed by atoms with E-state index >= 15 is 0 Å². The van der Waals surface area contributed by atoms with Gasteiger partial charge in [0.1, 0.15) is 0 Å². The van der Waals surface area contributed by atoms with Crippen LogP contribution in [0.1, 0.15) is 19.8 Å². The Hall–Kier alpha value is 0.350. The van der Waals surface area contributed by atoms with E-state index in [1.807, 2.05) is 19.0 Å². The molecule has 1 heterocycles. The van der Waals surface area contributed by atoms with Gasteiger partial charge in [0.15, 0.2) is 5.96 Å². The number of rotatable bonds is 3. The van der Waals surface area contributed by atoms with Crippen molar-refractivity contribution in [2.75, 3.05) is 32.9 Å². The van der Waals surface area contributed by atoms with Crippen LogP contribution in [0.5, 0.6) is 0 Å². The normalized spacial score (nSPS) is 21.0. The van der Waals surface area contributed by atoms with E-state index in [4.69, 9.17) is 0 Å². The van der Waals surface area contributed by atoms with Crippen LogP contribution in [0.15, 0.2) is 4.99 Å². The Morgan fingerprint density at radius 1 is 1.53 bits per heavy atom. The molecule has 0 aromatic rings. The Kier molecular flexibility index (Phi) is 8.69. The van der Waals surface area contributed by atoms with Crippen molar-refractivity contribution in [2.45, 2.75) is 25.0 Å². The molecule has 5 heteroatoms. The lowest BCUT2D eigenvalue weighted by Crippen LogP contribution is -2.36. The van der Waals surface area contributed by atoms with Crippen molar-refractivity contribution < 1.29 is 0 Å². The molecule has 0 aromatic carbocycles. The lowest BCUT2D eigenvalue weighted by Gasteiger charge is -2.17. The van der Waals surface area contributed by atoms with Crippen LogP contribution in [0.4, 0.5) is 0 Å². The predicted octanol–water partition coefficient (Wildman–Crippen LogP) is 2.03. The minimum absolute atomic E-state index is 0. The maximum absolute atomic E-state index is 4.61. The van der Waals surface area contributed by atoms with Gasteiger partial charge < -0.3 is 10.2 Å². The Morgan fingerprint density at radius 3 is 2.73 bits per heavy atom. The standard InChI is InChI=1S/C10H21N3S.HI/c1-4-11-10(13(2)3)12-8-9-6-5-7-14-9;/h9H,4-8H2,1-3H3,(H,11,12);1H. The minimum atomic E-state index is 0. The Morgan fingerprint density at radius 2 is 2.27 bits per heavy atom. The number of aliphatic imine (C=N–C) groups is 1. The van der Waals surface area contributed by atoms with Crippen molar-refractivity contribution in [2.24, 2.45) is 4.99 Å². The molecule has 0 radical (unpaired) electrons. The van der Waals surface area contributed by atoms with Crippen LogP contribution in [0.3, 0.4) is 0 Å². The summed E-state index contributed by atoms with van der Waals surface area (Å²) in [5.74, 6) is 2.33. The molecule has 1 aliphatic heterocycles. The fraction of sp³-hybridized carbons (Fsp3) is 0.900. The molecule has 0 saturated carbocycles. The molecule has 0 bridgehead atoms. The van der Waals surface area contributed by atoms with Crippen LogP contribution in [0, 0.1) is 0 Å². The number of hydrogen-bond donors (Lipinski definition) is 1.